The number of hydrogen-bond acceptors (Lipinski definition) is 3. The number of nitrogens with one attached hydrogen (secondary N) is 1. The van der Waals surface area contributed by atoms with Gasteiger partial charge in [0.1, 0.15) is 5.82 Å². The first-order valence-corrected chi connectivity index (χ1v) is 7.86. The lowest BCUT2D eigenvalue weighted by molar-refractivity contribution is 0.168. The van der Waals surface area contributed by atoms with E-state index in [1.165, 1.54) is 24.5 Å². The van der Waals surface area contributed by atoms with Gasteiger partial charge in [0.15, 0.2) is 0 Å². The molecule has 1 aromatic carbocycles. The molecular weight excluding hydrogens is 267 g/mol. The van der Waals surface area contributed by atoms with E-state index in [9.17, 15) is 4.39 Å². The predicted octanol–water partition coefficient (Wildman–Crippen LogP) is 2.58. The summed E-state index contributed by atoms with van der Waals surface area (Å²) < 4.78 is 18.4. The summed E-state index contributed by atoms with van der Waals surface area (Å²) in [5.74, 6) is 0.625. The number of nitrogens with zero attached hydrogens (tertiary/aromatic N) is 1. The molecule has 1 heterocycles. The number of rotatable bonds is 7. The van der Waals surface area contributed by atoms with E-state index in [4.69, 9.17) is 4.74 Å². The maximum absolute atomic E-state index is 13.3. The van der Waals surface area contributed by atoms with Gasteiger partial charge in [-0.1, -0.05) is 6.07 Å². The van der Waals surface area contributed by atoms with Gasteiger partial charge in [-0.3, -0.25) is 4.90 Å². The Morgan fingerprint density at radius 1 is 1.33 bits per heavy atom. The molecule has 1 aliphatic heterocycles. The van der Waals surface area contributed by atoms with E-state index in [2.05, 4.69) is 17.1 Å². The summed E-state index contributed by atoms with van der Waals surface area (Å²) >= 11 is 0. The quantitative estimate of drug-likeness (QED) is 0.782. The Balaban J connectivity index is 1.72. The van der Waals surface area contributed by atoms with Gasteiger partial charge in [-0.2, -0.15) is 0 Å². The first-order chi connectivity index (χ1) is 10.2. The fourth-order valence-electron chi connectivity index (χ4n) is 2.88. The highest BCUT2D eigenvalue weighted by molar-refractivity contribution is 5.26. The highest BCUT2D eigenvalue weighted by Gasteiger charge is 2.19. The fourth-order valence-corrected chi connectivity index (χ4v) is 2.88. The third kappa shape index (κ3) is 5.38. The molecule has 1 fully saturated rings. The zero-order chi connectivity index (χ0) is 15.1. The number of ether oxygens (including phenoxy) is 1. The molecule has 0 aromatic heterocycles. The largest absolute Gasteiger partial charge is 0.383 e. The zero-order valence-electron chi connectivity index (χ0n) is 13.2. The van der Waals surface area contributed by atoms with Crippen molar-refractivity contribution in [3.05, 3.63) is 35.1 Å². The van der Waals surface area contributed by atoms with E-state index in [0.29, 0.717) is 0 Å². The molecule has 118 valence electrons. The zero-order valence-corrected chi connectivity index (χ0v) is 13.2. The molecule has 3 nitrogen and oxygen atoms in total. The van der Waals surface area contributed by atoms with Gasteiger partial charge in [0.05, 0.1) is 6.61 Å². The maximum atomic E-state index is 13.3. The molecular formula is C17H27FN2O. The van der Waals surface area contributed by atoms with E-state index >= 15 is 0 Å². The van der Waals surface area contributed by atoms with E-state index in [1.54, 1.807) is 13.2 Å². The molecule has 1 N–H and O–H groups in total. The fraction of sp³-hybridized carbons (Fsp3) is 0.647. The predicted molar refractivity (Wildman–Crippen MR) is 83.9 cm³/mol. The van der Waals surface area contributed by atoms with Gasteiger partial charge in [0.25, 0.3) is 0 Å². The second-order valence-corrected chi connectivity index (χ2v) is 5.99. The van der Waals surface area contributed by atoms with E-state index < -0.39 is 0 Å². The van der Waals surface area contributed by atoms with Crippen LogP contribution >= 0.6 is 0 Å². The average molecular weight is 294 g/mol. The SMILES string of the molecule is COCCNCC1CCN(Cc2cc(F)ccc2C)CC1. The van der Waals surface area contributed by atoms with E-state index in [-0.39, 0.29) is 5.82 Å². The van der Waals surface area contributed by atoms with Crippen LogP contribution in [-0.2, 0) is 11.3 Å². The maximum Gasteiger partial charge on any atom is 0.123 e. The molecule has 1 aliphatic rings. The van der Waals surface area contributed by atoms with Crippen molar-refractivity contribution >= 4 is 0 Å². The molecule has 0 unspecified atom stereocenters. The molecule has 1 aromatic rings. The van der Waals surface area contributed by atoms with Gasteiger partial charge in [-0.25, -0.2) is 4.39 Å². The van der Waals surface area contributed by atoms with E-state index in [1.807, 2.05) is 6.07 Å². The highest BCUT2D eigenvalue weighted by atomic mass is 19.1. The minimum absolute atomic E-state index is 0.132. The van der Waals surface area contributed by atoms with Crippen molar-refractivity contribution in [3.8, 4) is 0 Å². The second-order valence-electron chi connectivity index (χ2n) is 5.99. The van der Waals surface area contributed by atoms with Crippen LogP contribution in [0.1, 0.15) is 24.0 Å². The van der Waals surface area contributed by atoms with Gasteiger partial charge >= 0.3 is 0 Å². The Morgan fingerprint density at radius 2 is 2.10 bits per heavy atom. The summed E-state index contributed by atoms with van der Waals surface area (Å²) in [7, 11) is 1.73. The first kappa shape index (κ1) is 16.4. The average Bonchev–Trinajstić information content (AvgIpc) is 2.49. The van der Waals surface area contributed by atoms with Gasteiger partial charge < -0.3 is 10.1 Å². The van der Waals surface area contributed by atoms with Gasteiger partial charge in [-0.05, 0) is 68.6 Å². The summed E-state index contributed by atoms with van der Waals surface area (Å²) in [6, 6.07) is 5.08. The van der Waals surface area contributed by atoms with Crippen LogP contribution in [0, 0.1) is 18.7 Å². The van der Waals surface area contributed by atoms with Crippen LogP contribution in [0.3, 0.4) is 0 Å². The van der Waals surface area contributed by atoms with Crippen molar-refractivity contribution in [1.82, 2.24) is 10.2 Å². The van der Waals surface area contributed by atoms with Gasteiger partial charge in [0, 0.05) is 20.2 Å². The Labute approximate surface area is 127 Å². The number of benzene rings is 1. The summed E-state index contributed by atoms with van der Waals surface area (Å²) in [5, 5.41) is 3.44. The van der Waals surface area contributed by atoms with Crippen LogP contribution in [0.15, 0.2) is 18.2 Å². The smallest absolute Gasteiger partial charge is 0.123 e. The standard InChI is InChI=1S/C17H27FN2O/c1-14-3-4-17(18)11-16(14)13-20-8-5-15(6-9-20)12-19-7-10-21-2/h3-4,11,15,19H,5-10,12-13H2,1-2H3. The van der Waals surface area contributed by atoms with Crippen molar-refractivity contribution in [3.63, 3.8) is 0 Å². The molecule has 21 heavy (non-hydrogen) atoms. The molecule has 0 radical (unpaired) electrons. The minimum atomic E-state index is -0.132. The number of methoxy groups -OCH3 is 1. The Morgan fingerprint density at radius 3 is 2.81 bits per heavy atom. The van der Waals surface area contributed by atoms with Crippen LogP contribution in [0.2, 0.25) is 0 Å². The van der Waals surface area contributed by atoms with Crippen LogP contribution in [0.4, 0.5) is 4.39 Å². The van der Waals surface area contributed by atoms with Gasteiger partial charge in [0.2, 0.25) is 0 Å². The first-order valence-electron chi connectivity index (χ1n) is 7.86. The number of hydrogen-bond donors (Lipinski definition) is 1. The number of halogens is 1. The molecule has 4 heteroatoms. The normalized spacial score (nSPS) is 17.3. The molecule has 0 atom stereocenters. The number of aryl methyl sites for hydroxylation is 1. The summed E-state index contributed by atoms with van der Waals surface area (Å²) in [5.41, 5.74) is 2.30. The van der Waals surface area contributed by atoms with E-state index in [0.717, 1.165) is 50.8 Å². The lowest BCUT2D eigenvalue weighted by atomic mass is 9.96. The topological polar surface area (TPSA) is 24.5 Å². The van der Waals surface area contributed by atoms with Gasteiger partial charge in [-0.15, -0.1) is 0 Å². The summed E-state index contributed by atoms with van der Waals surface area (Å²) in [4.78, 5) is 2.44. The highest BCUT2D eigenvalue weighted by Crippen LogP contribution is 2.20. The third-order valence-corrected chi connectivity index (χ3v) is 4.33. The second kappa shape index (κ2) is 8.47. The Hall–Kier alpha value is -0.970. The lowest BCUT2D eigenvalue weighted by Crippen LogP contribution is -2.37. The Bertz CT molecular complexity index is 431. The number of likely N-dealkylation sites (tertiary alicyclic amines) is 1. The molecule has 0 spiro atoms. The molecule has 0 aliphatic carbocycles. The molecule has 2 rings (SSSR count). The van der Waals surface area contributed by atoms with Crippen molar-refractivity contribution in [2.24, 2.45) is 5.92 Å². The van der Waals surface area contributed by atoms with Crippen LogP contribution in [0.25, 0.3) is 0 Å². The molecule has 0 bridgehead atoms. The van der Waals surface area contributed by atoms with Crippen molar-refractivity contribution in [2.75, 3.05) is 39.9 Å². The summed E-state index contributed by atoms with van der Waals surface area (Å²) in [6.07, 6.45) is 2.43. The third-order valence-electron chi connectivity index (χ3n) is 4.33. The van der Waals surface area contributed by atoms with Crippen molar-refractivity contribution < 1.29 is 9.13 Å². The lowest BCUT2D eigenvalue weighted by Gasteiger charge is -2.32. The monoisotopic (exact) mass is 294 g/mol. The molecule has 0 saturated carbocycles. The Kier molecular flexibility index (Phi) is 6.61. The van der Waals surface area contributed by atoms with Crippen LogP contribution in [0.5, 0.6) is 0 Å². The van der Waals surface area contributed by atoms with Crippen LogP contribution < -0.4 is 5.32 Å². The minimum Gasteiger partial charge on any atom is -0.383 e. The number of piperidine rings is 1. The van der Waals surface area contributed by atoms with Crippen molar-refractivity contribution in [2.45, 2.75) is 26.3 Å². The van der Waals surface area contributed by atoms with Crippen molar-refractivity contribution in [1.29, 1.82) is 0 Å². The molecule has 0 amide bonds. The molecule has 1 saturated heterocycles. The van der Waals surface area contributed by atoms with Crippen LogP contribution in [-0.4, -0.2) is 44.8 Å². The summed E-state index contributed by atoms with van der Waals surface area (Å²) in [6.45, 7) is 7.92.